The third-order valence-electron chi connectivity index (χ3n) is 3.46. The Morgan fingerprint density at radius 2 is 2.15 bits per heavy atom. The number of hydrogen-bond donors (Lipinski definition) is 1. The fourth-order valence-corrected chi connectivity index (χ4v) is 2.22. The number of para-hydroxylation sites is 1. The van der Waals surface area contributed by atoms with Gasteiger partial charge in [-0.3, -0.25) is 14.9 Å². The van der Waals surface area contributed by atoms with Gasteiger partial charge in [0.1, 0.15) is 23.2 Å². The topological polar surface area (TPSA) is 118 Å². The predicted octanol–water partition coefficient (Wildman–Crippen LogP) is 2.91. The van der Waals surface area contributed by atoms with Crippen molar-refractivity contribution in [2.24, 2.45) is 0 Å². The third-order valence-corrected chi connectivity index (χ3v) is 3.46. The summed E-state index contributed by atoms with van der Waals surface area (Å²) in [4.78, 5) is 22.6. The van der Waals surface area contributed by atoms with Gasteiger partial charge in [0.25, 0.3) is 11.6 Å². The number of rotatable bonds is 8. The molecule has 0 radical (unpaired) electrons. The highest BCUT2D eigenvalue weighted by Gasteiger charge is 2.17. The standard InChI is InChI=1S/C18H17N3O5/c1-25-10-4-9-20-18(22)13(12-19)11-14-7-8-17(26-14)15-5-2-3-6-16(15)21(23)24/h2-3,5-8,11H,4,9-10H2,1H3,(H,20,22)/b13-11+. The summed E-state index contributed by atoms with van der Waals surface area (Å²) in [6, 6.07) is 11.1. The number of carbonyl (C=O) groups excluding carboxylic acids is 1. The van der Waals surface area contributed by atoms with Crippen molar-refractivity contribution in [1.29, 1.82) is 5.26 Å². The van der Waals surface area contributed by atoms with Crippen LogP contribution in [0.4, 0.5) is 5.69 Å². The summed E-state index contributed by atoms with van der Waals surface area (Å²) in [6.07, 6.45) is 1.92. The van der Waals surface area contributed by atoms with E-state index in [0.717, 1.165) is 0 Å². The van der Waals surface area contributed by atoms with E-state index in [-0.39, 0.29) is 22.8 Å². The monoisotopic (exact) mass is 355 g/mol. The maximum Gasteiger partial charge on any atom is 0.280 e. The highest BCUT2D eigenvalue weighted by Crippen LogP contribution is 2.31. The summed E-state index contributed by atoms with van der Waals surface area (Å²) in [5.74, 6) is 0.00956. The minimum absolute atomic E-state index is 0.0891. The van der Waals surface area contributed by atoms with E-state index in [9.17, 15) is 14.9 Å². The molecule has 0 aliphatic carbocycles. The first-order chi connectivity index (χ1) is 12.6. The minimum atomic E-state index is -0.521. The van der Waals surface area contributed by atoms with Crippen LogP contribution in [0.5, 0.6) is 0 Å². The number of nitriles is 1. The molecule has 1 amide bonds. The fourth-order valence-electron chi connectivity index (χ4n) is 2.22. The molecule has 1 N–H and O–H groups in total. The van der Waals surface area contributed by atoms with Crippen molar-refractivity contribution < 1.29 is 18.9 Å². The zero-order valence-electron chi connectivity index (χ0n) is 14.1. The molecule has 26 heavy (non-hydrogen) atoms. The lowest BCUT2D eigenvalue weighted by molar-refractivity contribution is -0.384. The quantitative estimate of drug-likeness (QED) is 0.256. The Bertz CT molecular complexity index is 864. The van der Waals surface area contributed by atoms with E-state index < -0.39 is 10.8 Å². The number of nitrogens with one attached hydrogen (secondary N) is 1. The van der Waals surface area contributed by atoms with Gasteiger partial charge in [-0.1, -0.05) is 12.1 Å². The second-order valence-electron chi connectivity index (χ2n) is 5.25. The lowest BCUT2D eigenvalue weighted by Crippen LogP contribution is -2.26. The number of nitrogens with zero attached hydrogens (tertiary/aromatic N) is 2. The molecule has 2 aromatic rings. The first-order valence-corrected chi connectivity index (χ1v) is 7.79. The van der Waals surface area contributed by atoms with Crippen LogP contribution in [0, 0.1) is 21.4 Å². The molecule has 1 aromatic heterocycles. The van der Waals surface area contributed by atoms with Crippen molar-refractivity contribution in [2.75, 3.05) is 20.3 Å². The summed E-state index contributed by atoms with van der Waals surface area (Å²) < 4.78 is 10.4. The normalized spacial score (nSPS) is 11.0. The first-order valence-electron chi connectivity index (χ1n) is 7.79. The van der Waals surface area contributed by atoms with Gasteiger partial charge in [-0.05, 0) is 24.6 Å². The van der Waals surface area contributed by atoms with Crippen LogP contribution in [0.2, 0.25) is 0 Å². The SMILES string of the molecule is COCCCNC(=O)/C(C#N)=C/c1ccc(-c2ccccc2[N+](=O)[O-])o1. The van der Waals surface area contributed by atoms with Crippen molar-refractivity contribution >= 4 is 17.7 Å². The van der Waals surface area contributed by atoms with Crippen LogP contribution < -0.4 is 5.32 Å². The van der Waals surface area contributed by atoms with Gasteiger partial charge in [0, 0.05) is 32.4 Å². The van der Waals surface area contributed by atoms with E-state index in [1.807, 2.05) is 6.07 Å². The smallest absolute Gasteiger partial charge is 0.280 e. The van der Waals surface area contributed by atoms with Crippen LogP contribution in [0.1, 0.15) is 12.2 Å². The van der Waals surface area contributed by atoms with Gasteiger partial charge in [-0.25, -0.2) is 0 Å². The molecule has 2 rings (SSSR count). The minimum Gasteiger partial charge on any atom is -0.456 e. The molecule has 0 saturated carbocycles. The number of amides is 1. The second-order valence-corrected chi connectivity index (χ2v) is 5.25. The van der Waals surface area contributed by atoms with Crippen molar-refractivity contribution in [3.8, 4) is 17.4 Å². The van der Waals surface area contributed by atoms with Gasteiger partial charge in [-0.2, -0.15) is 5.26 Å². The molecule has 134 valence electrons. The van der Waals surface area contributed by atoms with Gasteiger partial charge in [0.05, 0.1) is 10.5 Å². The van der Waals surface area contributed by atoms with Crippen LogP contribution in [0.3, 0.4) is 0 Å². The Kier molecular flexibility index (Phi) is 6.65. The van der Waals surface area contributed by atoms with E-state index >= 15 is 0 Å². The molecule has 8 heteroatoms. The summed E-state index contributed by atoms with van der Waals surface area (Å²) in [5, 5.41) is 22.9. The molecule has 0 saturated heterocycles. The number of nitro benzene ring substituents is 1. The third kappa shape index (κ3) is 4.78. The number of hydrogen-bond acceptors (Lipinski definition) is 6. The number of nitro groups is 1. The van der Waals surface area contributed by atoms with E-state index in [0.29, 0.717) is 25.1 Å². The van der Waals surface area contributed by atoms with Crippen molar-refractivity contribution in [2.45, 2.75) is 6.42 Å². The van der Waals surface area contributed by atoms with Gasteiger partial charge >= 0.3 is 0 Å². The van der Waals surface area contributed by atoms with E-state index in [2.05, 4.69) is 5.32 Å². The predicted molar refractivity (Wildman–Crippen MR) is 93.9 cm³/mol. The van der Waals surface area contributed by atoms with Crippen LogP contribution in [0.15, 0.2) is 46.4 Å². The van der Waals surface area contributed by atoms with Crippen molar-refractivity contribution in [3.05, 3.63) is 57.8 Å². The van der Waals surface area contributed by atoms with Crippen LogP contribution >= 0.6 is 0 Å². The molecule has 0 aliphatic heterocycles. The van der Waals surface area contributed by atoms with Crippen LogP contribution in [-0.4, -0.2) is 31.1 Å². The molecular formula is C18H17N3O5. The largest absolute Gasteiger partial charge is 0.456 e. The van der Waals surface area contributed by atoms with Crippen LogP contribution in [-0.2, 0) is 9.53 Å². The summed E-state index contributed by atoms with van der Waals surface area (Å²) in [6.45, 7) is 0.884. The Labute approximate surface area is 149 Å². The molecule has 1 heterocycles. The molecule has 0 aliphatic rings. The molecular weight excluding hydrogens is 338 g/mol. The van der Waals surface area contributed by atoms with E-state index in [1.165, 1.54) is 12.1 Å². The molecule has 1 aromatic carbocycles. The Morgan fingerprint density at radius 1 is 1.38 bits per heavy atom. The van der Waals surface area contributed by atoms with Crippen molar-refractivity contribution in [1.82, 2.24) is 5.32 Å². The number of methoxy groups -OCH3 is 1. The van der Waals surface area contributed by atoms with Crippen molar-refractivity contribution in [3.63, 3.8) is 0 Å². The summed E-state index contributed by atoms with van der Waals surface area (Å²) in [5.41, 5.74) is 0.110. The molecule has 0 fully saturated rings. The molecule has 0 unspecified atom stereocenters. The lowest BCUT2D eigenvalue weighted by Gasteiger charge is -2.03. The zero-order chi connectivity index (χ0) is 18.9. The average Bonchev–Trinajstić information content (AvgIpc) is 3.11. The molecule has 0 spiro atoms. The van der Waals surface area contributed by atoms with E-state index in [1.54, 1.807) is 37.4 Å². The first kappa shape index (κ1) is 18.9. The highest BCUT2D eigenvalue weighted by atomic mass is 16.6. The van der Waals surface area contributed by atoms with Gasteiger partial charge in [0.15, 0.2) is 0 Å². The van der Waals surface area contributed by atoms with Gasteiger partial charge in [0.2, 0.25) is 0 Å². The Morgan fingerprint density at radius 3 is 2.85 bits per heavy atom. The molecule has 0 atom stereocenters. The van der Waals surface area contributed by atoms with E-state index in [4.69, 9.17) is 14.4 Å². The van der Waals surface area contributed by atoms with Gasteiger partial charge < -0.3 is 14.5 Å². The highest BCUT2D eigenvalue weighted by molar-refractivity contribution is 6.01. The molecule has 0 bridgehead atoms. The second kappa shape index (κ2) is 9.15. The zero-order valence-corrected chi connectivity index (χ0v) is 14.1. The Hall–Kier alpha value is -3.44. The summed E-state index contributed by atoms with van der Waals surface area (Å²) >= 11 is 0. The number of benzene rings is 1. The fraction of sp³-hybridized carbons (Fsp3) is 0.222. The number of carbonyl (C=O) groups is 1. The molecule has 8 nitrogen and oxygen atoms in total. The average molecular weight is 355 g/mol. The maximum atomic E-state index is 12.0. The summed E-state index contributed by atoms with van der Waals surface area (Å²) in [7, 11) is 1.56. The van der Waals surface area contributed by atoms with Gasteiger partial charge in [-0.15, -0.1) is 0 Å². The maximum absolute atomic E-state index is 12.0. The number of furan rings is 1. The lowest BCUT2D eigenvalue weighted by atomic mass is 10.1. The Balaban J connectivity index is 2.18. The number of ether oxygens (including phenoxy) is 1. The van der Waals surface area contributed by atoms with Crippen LogP contribution in [0.25, 0.3) is 17.4 Å².